The summed E-state index contributed by atoms with van der Waals surface area (Å²) in [6.07, 6.45) is 1.98. The van der Waals surface area contributed by atoms with Crippen LogP contribution in [0.3, 0.4) is 0 Å². The van der Waals surface area contributed by atoms with Gasteiger partial charge in [0.05, 0.1) is 6.61 Å². The predicted octanol–water partition coefficient (Wildman–Crippen LogP) is 3.24. The van der Waals surface area contributed by atoms with Crippen LogP contribution in [0.25, 0.3) is 16.5 Å². The first-order valence-electron chi connectivity index (χ1n) is 7.55. The van der Waals surface area contributed by atoms with Gasteiger partial charge in [-0.15, -0.1) is 11.3 Å². The Morgan fingerprint density at radius 2 is 1.84 bits per heavy atom. The van der Waals surface area contributed by atoms with Gasteiger partial charge in [0.15, 0.2) is 6.61 Å². The van der Waals surface area contributed by atoms with Crippen molar-refractivity contribution >= 4 is 35.4 Å². The molecule has 0 bridgehead atoms. The zero-order valence-electron chi connectivity index (χ0n) is 13.6. The Labute approximate surface area is 149 Å². The quantitative estimate of drug-likeness (QED) is 0.632. The first-order chi connectivity index (χ1) is 12.1. The summed E-state index contributed by atoms with van der Waals surface area (Å²) in [5.41, 5.74) is 1.10. The summed E-state index contributed by atoms with van der Waals surface area (Å²) in [5, 5.41) is 1.93. The highest BCUT2D eigenvalue weighted by Crippen LogP contribution is 2.28. The number of esters is 1. The number of rotatable bonds is 6. The molecule has 0 saturated carbocycles. The summed E-state index contributed by atoms with van der Waals surface area (Å²) < 4.78 is 9.29. The van der Waals surface area contributed by atoms with Gasteiger partial charge in [0.1, 0.15) is 0 Å². The van der Waals surface area contributed by atoms with E-state index in [0.717, 1.165) is 15.3 Å². The summed E-state index contributed by atoms with van der Waals surface area (Å²) in [5.74, 6) is -1.42. The monoisotopic (exact) mass is 359 g/mol. The van der Waals surface area contributed by atoms with Gasteiger partial charge in [-0.05, 0) is 30.7 Å². The van der Waals surface area contributed by atoms with Crippen molar-refractivity contribution in [3.8, 4) is 10.4 Å². The lowest BCUT2D eigenvalue weighted by molar-refractivity contribution is -0.143. The number of thiophene rings is 1. The van der Waals surface area contributed by atoms with Crippen molar-refractivity contribution in [1.82, 2.24) is 5.32 Å². The minimum Gasteiger partial charge on any atom is -0.452 e. The third-order valence-corrected chi connectivity index (χ3v) is 4.03. The van der Waals surface area contributed by atoms with Crippen molar-refractivity contribution in [3.05, 3.63) is 53.4 Å². The maximum Gasteiger partial charge on any atom is 0.413 e. The lowest BCUT2D eigenvalue weighted by Gasteiger charge is -2.03. The van der Waals surface area contributed by atoms with Crippen LogP contribution in [0.15, 0.2) is 48.5 Å². The molecular weight excluding hydrogens is 342 g/mol. The predicted molar refractivity (Wildman–Crippen MR) is 94.9 cm³/mol. The Morgan fingerprint density at radius 3 is 2.56 bits per heavy atom. The number of carbonyl (C=O) groups is 3. The Morgan fingerprint density at radius 1 is 1.08 bits per heavy atom. The molecule has 0 aliphatic carbocycles. The highest BCUT2D eigenvalue weighted by molar-refractivity contribution is 7.16. The van der Waals surface area contributed by atoms with E-state index in [1.54, 1.807) is 13.0 Å². The number of hydrogen-bond acceptors (Lipinski definition) is 6. The van der Waals surface area contributed by atoms with Gasteiger partial charge in [0, 0.05) is 15.8 Å². The second-order valence-electron chi connectivity index (χ2n) is 4.78. The Hall–Kier alpha value is -2.93. The SMILES string of the molecule is CCOC(=O)NC(=O)COC(=O)/C=C/c1ccc(-c2ccccc2)s1. The van der Waals surface area contributed by atoms with E-state index in [2.05, 4.69) is 4.74 Å². The number of amides is 2. The average Bonchev–Trinajstić information content (AvgIpc) is 3.08. The molecule has 2 amide bonds. The average molecular weight is 359 g/mol. The number of carbonyl (C=O) groups excluding carboxylic acids is 3. The molecule has 1 aromatic carbocycles. The highest BCUT2D eigenvalue weighted by Gasteiger charge is 2.10. The fourth-order valence-electron chi connectivity index (χ4n) is 1.85. The second-order valence-corrected chi connectivity index (χ2v) is 5.89. The molecule has 0 fully saturated rings. The topological polar surface area (TPSA) is 81.7 Å². The fraction of sp³-hybridized carbons (Fsp3) is 0.167. The molecule has 1 heterocycles. The first-order valence-corrected chi connectivity index (χ1v) is 8.37. The minimum atomic E-state index is -0.869. The minimum absolute atomic E-state index is 0.146. The summed E-state index contributed by atoms with van der Waals surface area (Å²) in [6, 6.07) is 13.8. The van der Waals surface area contributed by atoms with E-state index in [-0.39, 0.29) is 6.61 Å². The lowest BCUT2D eigenvalue weighted by Crippen LogP contribution is -2.34. The van der Waals surface area contributed by atoms with Crippen molar-refractivity contribution in [3.63, 3.8) is 0 Å². The molecule has 1 N–H and O–H groups in total. The van der Waals surface area contributed by atoms with E-state index in [4.69, 9.17) is 4.74 Å². The molecule has 130 valence electrons. The second kappa shape index (κ2) is 9.39. The van der Waals surface area contributed by atoms with E-state index in [1.807, 2.05) is 47.8 Å². The van der Waals surface area contributed by atoms with Crippen molar-refractivity contribution in [1.29, 1.82) is 0 Å². The van der Waals surface area contributed by atoms with E-state index >= 15 is 0 Å². The number of nitrogens with one attached hydrogen (secondary N) is 1. The number of hydrogen-bond donors (Lipinski definition) is 1. The van der Waals surface area contributed by atoms with Crippen LogP contribution in [0.1, 0.15) is 11.8 Å². The van der Waals surface area contributed by atoms with Crippen molar-refractivity contribution < 1.29 is 23.9 Å². The summed E-state index contributed by atoms with van der Waals surface area (Å²) in [6.45, 7) is 1.21. The molecule has 0 radical (unpaired) electrons. The highest BCUT2D eigenvalue weighted by atomic mass is 32.1. The van der Waals surface area contributed by atoms with Crippen LogP contribution < -0.4 is 5.32 Å². The van der Waals surface area contributed by atoms with Gasteiger partial charge in [0.2, 0.25) is 0 Å². The molecule has 7 heteroatoms. The van der Waals surface area contributed by atoms with Crippen molar-refractivity contribution in [2.24, 2.45) is 0 Å². The van der Waals surface area contributed by atoms with E-state index in [1.165, 1.54) is 17.4 Å². The molecule has 0 saturated heterocycles. The van der Waals surface area contributed by atoms with E-state index in [9.17, 15) is 14.4 Å². The normalized spacial score (nSPS) is 10.4. The van der Waals surface area contributed by atoms with Gasteiger partial charge in [-0.25, -0.2) is 9.59 Å². The summed E-state index contributed by atoms with van der Waals surface area (Å²) >= 11 is 1.53. The Bertz CT molecular complexity index is 767. The molecule has 2 rings (SSSR count). The molecule has 6 nitrogen and oxygen atoms in total. The molecule has 0 aliphatic rings. The van der Waals surface area contributed by atoms with E-state index < -0.39 is 24.6 Å². The summed E-state index contributed by atoms with van der Waals surface area (Å²) in [4.78, 5) is 36.0. The maximum atomic E-state index is 11.6. The summed E-state index contributed by atoms with van der Waals surface area (Å²) in [7, 11) is 0. The zero-order chi connectivity index (χ0) is 18.1. The fourth-order valence-corrected chi connectivity index (χ4v) is 2.77. The van der Waals surface area contributed by atoms with Crippen LogP contribution in [0.5, 0.6) is 0 Å². The van der Waals surface area contributed by atoms with Crippen LogP contribution in [0, 0.1) is 0 Å². The molecular formula is C18H17NO5S. The molecule has 0 unspecified atom stereocenters. The third kappa shape index (κ3) is 6.23. The largest absolute Gasteiger partial charge is 0.452 e. The third-order valence-electron chi connectivity index (χ3n) is 2.93. The molecule has 0 spiro atoms. The zero-order valence-corrected chi connectivity index (χ0v) is 14.4. The van der Waals surface area contributed by atoms with Crippen LogP contribution in [-0.4, -0.2) is 31.2 Å². The maximum absolute atomic E-state index is 11.6. The van der Waals surface area contributed by atoms with Crippen molar-refractivity contribution in [2.45, 2.75) is 6.92 Å². The van der Waals surface area contributed by atoms with Crippen LogP contribution in [0.4, 0.5) is 4.79 Å². The van der Waals surface area contributed by atoms with Gasteiger partial charge in [-0.3, -0.25) is 10.1 Å². The van der Waals surface area contributed by atoms with Crippen LogP contribution in [0.2, 0.25) is 0 Å². The van der Waals surface area contributed by atoms with Gasteiger partial charge in [-0.2, -0.15) is 0 Å². The number of alkyl carbamates (subject to hydrolysis) is 1. The van der Waals surface area contributed by atoms with Gasteiger partial charge >= 0.3 is 12.1 Å². The van der Waals surface area contributed by atoms with Crippen LogP contribution >= 0.6 is 11.3 Å². The van der Waals surface area contributed by atoms with Gasteiger partial charge in [0.25, 0.3) is 5.91 Å². The lowest BCUT2D eigenvalue weighted by atomic mass is 10.2. The standard InChI is InChI=1S/C18H17NO5S/c1-2-23-18(22)19-16(20)12-24-17(21)11-9-14-8-10-15(25-14)13-6-4-3-5-7-13/h3-11H,2,12H2,1H3,(H,19,20,22)/b11-9+. The van der Waals surface area contributed by atoms with Gasteiger partial charge < -0.3 is 9.47 Å². The number of imide groups is 1. The first kappa shape index (κ1) is 18.4. The molecule has 0 aliphatic heterocycles. The Balaban J connectivity index is 1.82. The molecule has 1 aromatic heterocycles. The van der Waals surface area contributed by atoms with Gasteiger partial charge in [-0.1, -0.05) is 30.3 Å². The van der Waals surface area contributed by atoms with Crippen molar-refractivity contribution in [2.75, 3.05) is 13.2 Å². The number of benzene rings is 1. The van der Waals surface area contributed by atoms with Crippen LogP contribution in [-0.2, 0) is 19.1 Å². The molecule has 25 heavy (non-hydrogen) atoms. The smallest absolute Gasteiger partial charge is 0.413 e. The molecule has 2 aromatic rings. The number of ether oxygens (including phenoxy) is 2. The van der Waals surface area contributed by atoms with E-state index in [0.29, 0.717) is 0 Å². The Kier molecular flexibility index (Phi) is 6.91. The molecule has 0 atom stereocenters.